The second-order valence-corrected chi connectivity index (χ2v) is 6.28. The van der Waals surface area contributed by atoms with Gasteiger partial charge in [0, 0.05) is 18.7 Å². The highest BCUT2D eigenvalue weighted by Gasteiger charge is 2.12. The van der Waals surface area contributed by atoms with E-state index in [-0.39, 0.29) is 36.4 Å². The molecule has 0 aliphatic carbocycles. The number of hydrogen-bond donors (Lipinski definition) is 5. The van der Waals surface area contributed by atoms with Crippen molar-refractivity contribution in [3.8, 4) is 11.5 Å². The smallest absolute Gasteiger partial charge is 0.221 e. The summed E-state index contributed by atoms with van der Waals surface area (Å²) in [7, 11) is 0. The minimum Gasteiger partial charge on any atom is -0.508 e. The van der Waals surface area contributed by atoms with E-state index in [0.29, 0.717) is 5.56 Å². The van der Waals surface area contributed by atoms with Gasteiger partial charge < -0.3 is 26.4 Å². The molecule has 2 unspecified atom stereocenters. The molecule has 0 heterocycles. The number of rotatable bonds is 8. The summed E-state index contributed by atoms with van der Waals surface area (Å²) in [6.45, 7) is 2.28. The highest BCUT2D eigenvalue weighted by Crippen LogP contribution is 2.24. The van der Waals surface area contributed by atoms with Gasteiger partial charge in [-0.1, -0.05) is 24.3 Å². The zero-order valence-corrected chi connectivity index (χ0v) is 14.1. The number of primary amides is 1. The van der Waals surface area contributed by atoms with Gasteiger partial charge in [-0.2, -0.15) is 0 Å². The minimum absolute atomic E-state index is 0.0874. The van der Waals surface area contributed by atoms with Crippen LogP contribution >= 0.6 is 0 Å². The molecule has 0 radical (unpaired) electrons. The number of amides is 1. The number of phenols is 2. The van der Waals surface area contributed by atoms with Crippen LogP contribution in [0, 0.1) is 0 Å². The molecular weight excluding hydrogens is 320 g/mol. The van der Waals surface area contributed by atoms with E-state index >= 15 is 0 Å². The summed E-state index contributed by atoms with van der Waals surface area (Å²) in [5, 5.41) is 32.4. The third-order valence-electron chi connectivity index (χ3n) is 3.88. The Bertz CT molecular complexity index is 713. The molecule has 6 N–H and O–H groups in total. The summed E-state index contributed by atoms with van der Waals surface area (Å²) < 4.78 is 0. The molecule has 6 heteroatoms. The maximum atomic E-state index is 11.0. The predicted molar refractivity (Wildman–Crippen MR) is 95.2 cm³/mol. The lowest BCUT2D eigenvalue weighted by Gasteiger charge is -2.18. The number of hydrogen-bond acceptors (Lipinski definition) is 5. The second-order valence-electron chi connectivity index (χ2n) is 6.28. The Hall–Kier alpha value is -2.57. The molecule has 0 saturated heterocycles. The van der Waals surface area contributed by atoms with Crippen molar-refractivity contribution in [3.63, 3.8) is 0 Å². The van der Waals surface area contributed by atoms with Crippen molar-refractivity contribution in [1.29, 1.82) is 0 Å². The highest BCUT2D eigenvalue weighted by molar-refractivity contribution is 5.76. The van der Waals surface area contributed by atoms with Gasteiger partial charge in [-0.15, -0.1) is 0 Å². The van der Waals surface area contributed by atoms with Gasteiger partial charge in [-0.25, -0.2) is 0 Å². The van der Waals surface area contributed by atoms with E-state index in [4.69, 9.17) is 5.73 Å². The van der Waals surface area contributed by atoms with Gasteiger partial charge in [0.15, 0.2) is 0 Å². The van der Waals surface area contributed by atoms with E-state index in [2.05, 4.69) is 5.32 Å². The number of phenolic OH excluding ortho intramolecular Hbond substituents is 2. The van der Waals surface area contributed by atoms with Crippen molar-refractivity contribution < 1.29 is 20.1 Å². The molecule has 2 aromatic rings. The largest absolute Gasteiger partial charge is 0.508 e. The fraction of sp³-hybridized carbons (Fsp3) is 0.316. The zero-order chi connectivity index (χ0) is 18.4. The quantitative estimate of drug-likeness (QED) is 0.496. The average molecular weight is 344 g/mol. The van der Waals surface area contributed by atoms with Gasteiger partial charge in [-0.05, 0) is 42.2 Å². The lowest BCUT2D eigenvalue weighted by molar-refractivity contribution is -0.117. The van der Waals surface area contributed by atoms with Crippen LogP contribution in [0.5, 0.6) is 11.5 Å². The SMILES string of the molecule is CC(Cc1cccc(CC(N)=O)c1)NCC(O)c1cc(O)cc(O)c1. The van der Waals surface area contributed by atoms with E-state index in [1.54, 1.807) is 0 Å². The Morgan fingerprint density at radius 3 is 2.40 bits per heavy atom. The Morgan fingerprint density at radius 2 is 1.76 bits per heavy atom. The zero-order valence-electron chi connectivity index (χ0n) is 14.1. The Labute approximate surface area is 146 Å². The molecule has 0 aliphatic heterocycles. The summed E-state index contributed by atoms with van der Waals surface area (Å²) in [4.78, 5) is 11.0. The Morgan fingerprint density at radius 1 is 1.12 bits per heavy atom. The van der Waals surface area contributed by atoms with Crippen LogP contribution in [0.2, 0.25) is 0 Å². The van der Waals surface area contributed by atoms with Crippen molar-refractivity contribution in [3.05, 3.63) is 59.2 Å². The van der Waals surface area contributed by atoms with E-state index < -0.39 is 6.10 Å². The number of carbonyl (C=O) groups is 1. The first kappa shape index (κ1) is 18.8. The molecule has 25 heavy (non-hydrogen) atoms. The molecule has 0 saturated carbocycles. The van der Waals surface area contributed by atoms with E-state index in [9.17, 15) is 20.1 Å². The van der Waals surface area contributed by atoms with Crippen LogP contribution in [-0.4, -0.2) is 33.8 Å². The van der Waals surface area contributed by atoms with E-state index in [1.807, 2.05) is 31.2 Å². The lowest BCUT2D eigenvalue weighted by Crippen LogP contribution is -2.32. The number of aliphatic hydroxyl groups is 1. The first-order valence-electron chi connectivity index (χ1n) is 8.14. The van der Waals surface area contributed by atoms with Crippen molar-refractivity contribution in [2.24, 2.45) is 5.73 Å². The maximum Gasteiger partial charge on any atom is 0.221 e. The molecule has 2 rings (SSSR count). The van der Waals surface area contributed by atoms with Gasteiger partial charge in [-0.3, -0.25) is 4.79 Å². The number of nitrogens with two attached hydrogens (primary N) is 1. The third-order valence-corrected chi connectivity index (χ3v) is 3.88. The van der Waals surface area contributed by atoms with Crippen molar-refractivity contribution in [2.45, 2.75) is 31.9 Å². The molecule has 134 valence electrons. The van der Waals surface area contributed by atoms with Crippen LogP contribution in [0.25, 0.3) is 0 Å². The van der Waals surface area contributed by atoms with E-state index in [1.165, 1.54) is 18.2 Å². The molecule has 0 bridgehead atoms. The summed E-state index contributed by atoms with van der Waals surface area (Å²) in [5.74, 6) is -0.539. The van der Waals surface area contributed by atoms with Gasteiger partial charge >= 0.3 is 0 Å². The molecular formula is C19H24N2O4. The number of benzene rings is 2. The predicted octanol–water partition coefficient (Wildman–Crippen LogP) is 1.38. The molecule has 2 atom stereocenters. The number of aromatic hydroxyl groups is 2. The summed E-state index contributed by atoms with van der Waals surface area (Å²) >= 11 is 0. The molecule has 0 spiro atoms. The van der Waals surface area contributed by atoms with Crippen molar-refractivity contribution >= 4 is 5.91 Å². The molecule has 2 aromatic carbocycles. The first-order valence-corrected chi connectivity index (χ1v) is 8.14. The van der Waals surface area contributed by atoms with Crippen LogP contribution in [0.4, 0.5) is 0 Å². The molecule has 6 nitrogen and oxygen atoms in total. The topological polar surface area (TPSA) is 116 Å². The van der Waals surface area contributed by atoms with Crippen LogP contribution in [0.3, 0.4) is 0 Å². The molecule has 0 aliphatic rings. The molecule has 0 aromatic heterocycles. The van der Waals surface area contributed by atoms with Crippen LogP contribution < -0.4 is 11.1 Å². The van der Waals surface area contributed by atoms with Gasteiger partial charge in [0.1, 0.15) is 11.5 Å². The lowest BCUT2D eigenvalue weighted by atomic mass is 10.0. The number of aliphatic hydroxyl groups excluding tert-OH is 1. The standard InChI is InChI=1S/C19H24N2O4/c1-12(5-13-3-2-4-14(6-13)7-19(20)25)21-11-18(24)15-8-16(22)10-17(23)9-15/h2-4,6,8-10,12,18,21-24H,5,7,11H2,1H3,(H2,20,25). The summed E-state index contributed by atoms with van der Waals surface area (Å²) in [6.07, 6.45) is 0.0987. The third kappa shape index (κ3) is 6.10. The normalized spacial score (nSPS) is 13.4. The van der Waals surface area contributed by atoms with E-state index in [0.717, 1.165) is 17.5 Å². The van der Waals surface area contributed by atoms with Gasteiger partial charge in [0.2, 0.25) is 5.91 Å². The highest BCUT2D eigenvalue weighted by atomic mass is 16.3. The fourth-order valence-electron chi connectivity index (χ4n) is 2.73. The number of carbonyl (C=O) groups excluding carboxylic acids is 1. The monoisotopic (exact) mass is 344 g/mol. The van der Waals surface area contributed by atoms with Crippen molar-refractivity contribution in [1.82, 2.24) is 5.32 Å². The van der Waals surface area contributed by atoms with Crippen LogP contribution in [-0.2, 0) is 17.6 Å². The first-order chi connectivity index (χ1) is 11.8. The van der Waals surface area contributed by atoms with Crippen LogP contribution in [0.15, 0.2) is 42.5 Å². The fourth-order valence-corrected chi connectivity index (χ4v) is 2.73. The minimum atomic E-state index is -0.846. The summed E-state index contributed by atoms with van der Waals surface area (Å²) in [5.41, 5.74) is 7.62. The summed E-state index contributed by atoms with van der Waals surface area (Å²) in [6, 6.07) is 11.8. The second kappa shape index (κ2) is 8.50. The van der Waals surface area contributed by atoms with Gasteiger partial charge in [0.25, 0.3) is 0 Å². The number of nitrogens with one attached hydrogen (secondary N) is 1. The van der Waals surface area contributed by atoms with Crippen LogP contribution in [0.1, 0.15) is 29.7 Å². The van der Waals surface area contributed by atoms with Gasteiger partial charge in [0.05, 0.1) is 12.5 Å². The van der Waals surface area contributed by atoms with Crippen molar-refractivity contribution in [2.75, 3.05) is 6.54 Å². The average Bonchev–Trinajstić information content (AvgIpc) is 2.51. The maximum absolute atomic E-state index is 11.0. The molecule has 0 fully saturated rings. The Kier molecular flexibility index (Phi) is 6.38. The Balaban J connectivity index is 1.89. The molecule has 1 amide bonds.